The van der Waals surface area contributed by atoms with Crippen LogP contribution >= 0.6 is 0 Å². The Bertz CT molecular complexity index is 3390. The van der Waals surface area contributed by atoms with E-state index >= 15 is 0 Å². The highest BCUT2D eigenvalue weighted by Crippen LogP contribution is 2.44. The molecule has 0 N–H and O–H groups in total. The molecule has 12 aromatic rings. The van der Waals surface area contributed by atoms with Crippen LogP contribution in [0.1, 0.15) is 0 Å². The fourth-order valence-electron chi connectivity index (χ4n) is 9.38. The zero-order valence-electron chi connectivity index (χ0n) is 34.3. The molecule has 0 amide bonds. The Morgan fingerprint density at radius 3 is 1.22 bits per heavy atom. The summed E-state index contributed by atoms with van der Waals surface area (Å²) >= 11 is 0. The quantitative estimate of drug-likeness (QED) is 0.143. The molecule has 0 fully saturated rings. The smallest absolute Gasteiger partial charge is 0.0972 e. The lowest BCUT2D eigenvalue weighted by Crippen LogP contribution is -2.09. The monoisotopic (exact) mass is 805 g/mol. The van der Waals surface area contributed by atoms with Crippen LogP contribution in [0.25, 0.3) is 71.2 Å². The maximum Gasteiger partial charge on any atom is 0.0972 e. The van der Waals surface area contributed by atoms with Crippen molar-refractivity contribution in [1.29, 1.82) is 0 Å². The third-order valence-electron chi connectivity index (χ3n) is 12.2. The van der Waals surface area contributed by atoms with Crippen LogP contribution in [0.2, 0.25) is 0 Å². The van der Waals surface area contributed by atoms with Gasteiger partial charge in [-0.1, -0.05) is 121 Å². The van der Waals surface area contributed by atoms with E-state index in [4.69, 9.17) is 9.97 Å². The van der Waals surface area contributed by atoms with Crippen LogP contribution in [-0.4, -0.2) is 14.5 Å². The first-order valence-corrected chi connectivity index (χ1v) is 21.3. The maximum absolute atomic E-state index is 4.98. The second-order valence-corrected chi connectivity index (χ2v) is 15.9. The number of aromatic nitrogens is 3. The van der Waals surface area contributed by atoms with Crippen molar-refractivity contribution < 1.29 is 0 Å². The number of para-hydroxylation sites is 4. The summed E-state index contributed by atoms with van der Waals surface area (Å²) in [6.07, 6.45) is 3.60. The number of rotatable bonds is 8. The number of hydrogen-bond donors (Lipinski definition) is 0. The molecule has 5 nitrogen and oxygen atoms in total. The Morgan fingerprint density at radius 2 is 0.730 bits per heavy atom. The lowest BCUT2D eigenvalue weighted by Gasteiger charge is -2.26. The van der Waals surface area contributed by atoms with E-state index < -0.39 is 0 Å². The number of nitrogens with zero attached hydrogens (tertiary/aromatic N) is 5. The highest BCUT2D eigenvalue weighted by molar-refractivity contribution is 6.24. The molecule has 0 spiro atoms. The van der Waals surface area contributed by atoms with Gasteiger partial charge < -0.3 is 14.4 Å². The number of anilines is 6. The lowest BCUT2D eigenvalue weighted by atomic mass is 9.95. The van der Waals surface area contributed by atoms with E-state index in [2.05, 4.69) is 239 Å². The molecular weight excluding hydrogens is 767 g/mol. The topological polar surface area (TPSA) is 37.2 Å². The van der Waals surface area contributed by atoms with Gasteiger partial charge in [0, 0.05) is 73.8 Å². The molecule has 0 bridgehead atoms. The van der Waals surface area contributed by atoms with Crippen molar-refractivity contribution in [3.05, 3.63) is 237 Å². The molecule has 0 radical (unpaired) electrons. The molecule has 2 heterocycles. The summed E-state index contributed by atoms with van der Waals surface area (Å²) in [5, 5.41) is 6.77. The minimum Gasteiger partial charge on any atom is -0.310 e. The van der Waals surface area contributed by atoms with Crippen molar-refractivity contribution in [3.63, 3.8) is 0 Å². The Balaban J connectivity index is 1.12. The average molecular weight is 806 g/mol. The standard InChI is InChI=1S/C58H39N5/c1-6-16-40(17-7-1)41-26-30-50-51(36-41)49-31-27-48(39-54(49)58-57(50)59-34-35-60-58)63-55-32-28-46(61(42-18-8-2-9-19-42)43-20-10-3-11-21-43)37-52(55)53-38-47(29-33-56(53)63)62(44-22-12-4-13-23-44)45-24-14-5-15-25-45/h1-39H. The van der Waals surface area contributed by atoms with Gasteiger partial charge in [-0.3, -0.25) is 9.97 Å². The zero-order valence-corrected chi connectivity index (χ0v) is 34.3. The molecule has 10 aromatic carbocycles. The lowest BCUT2D eigenvalue weighted by molar-refractivity contribution is 1.18. The molecule has 12 rings (SSSR count). The molecule has 296 valence electrons. The third kappa shape index (κ3) is 6.25. The molecule has 0 saturated carbocycles. The summed E-state index contributed by atoms with van der Waals surface area (Å²) in [5.41, 5.74) is 14.0. The number of fused-ring (bicyclic) bond motifs is 9. The summed E-state index contributed by atoms with van der Waals surface area (Å²) in [7, 11) is 0. The second-order valence-electron chi connectivity index (χ2n) is 15.9. The minimum absolute atomic E-state index is 0.891. The molecule has 0 aliphatic carbocycles. The van der Waals surface area contributed by atoms with Gasteiger partial charge in [0.1, 0.15) is 0 Å². The highest BCUT2D eigenvalue weighted by atomic mass is 15.1. The van der Waals surface area contributed by atoms with Crippen molar-refractivity contribution >= 4 is 88.5 Å². The van der Waals surface area contributed by atoms with Crippen LogP contribution in [0, 0.1) is 0 Å². The fourth-order valence-corrected chi connectivity index (χ4v) is 9.38. The van der Waals surface area contributed by atoms with Crippen molar-refractivity contribution in [2.45, 2.75) is 0 Å². The predicted octanol–water partition coefficient (Wildman–Crippen LogP) is 15.6. The van der Waals surface area contributed by atoms with Gasteiger partial charge >= 0.3 is 0 Å². The summed E-state index contributed by atoms with van der Waals surface area (Å²) in [6.45, 7) is 0. The summed E-state index contributed by atoms with van der Waals surface area (Å²) in [6, 6.07) is 80.3. The van der Waals surface area contributed by atoms with E-state index in [0.29, 0.717) is 0 Å². The van der Waals surface area contributed by atoms with E-state index in [-0.39, 0.29) is 0 Å². The van der Waals surface area contributed by atoms with Crippen LogP contribution < -0.4 is 9.80 Å². The van der Waals surface area contributed by atoms with E-state index in [9.17, 15) is 0 Å². The minimum atomic E-state index is 0.891. The average Bonchev–Trinajstić information content (AvgIpc) is 3.68. The molecular formula is C58H39N5. The van der Waals surface area contributed by atoms with Gasteiger partial charge in [0.15, 0.2) is 0 Å². The van der Waals surface area contributed by atoms with E-state index in [1.165, 1.54) is 11.1 Å². The first kappa shape index (κ1) is 36.3. The van der Waals surface area contributed by atoms with Crippen LogP contribution in [-0.2, 0) is 0 Å². The van der Waals surface area contributed by atoms with Gasteiger partial charge in [-0.25, -0.2) is 0 Å². The van der Waals surface area contributed by atoms with Gasteiger partial charge in [0.05, 0.1) is 22.1 Å². The molecule has 0 atom stereocenters. The third-order valence-corrected chi connectivity index (χ3v) is 12.2. The number of hydrogen-bond acceptors (Lipinski definition) is 4. The van der Waals surface area contributed by atoms with Crippen molar-refractivity contribution in [2.75, 3.05) is 9.80 Å². The van der Waals surface area contributed by atoms with Gasteiger partial charge in [-0.2, -0.15) is 0 Å². The molecule has 0 aliphatic heterocycles. The van der Waals surface area contributed by atoms with Crippen LogP contribution in [0.3, 0.4) is 0 Å². The van der Waals surface area contributed by atoms with E-state index in [1.54, 1.807) is 12.4 Å². The van der Waals surface area contributed by atoms with Crippen molar-refractivity contribution in [3.8, 4) is 16.8 Å². The number of benzene rings is 10. The van der Waals surface area contributed by atoms with E-state index in [1.807, 2.05) is 0 Å². The Hall–Kier alpha value is -8.54. The SMILES string of the molecule is c1ccc(-c2ccc3c(c2)c2ccc(-n4c5ccc(N(c6ccccc6)c6ccccc6)cc5c5cc(N(c6ccccc6)c6ccccc6)ccc54)cc2c2nccnc32)cc1. The maximum atomic E-state index is 4.98. The second kappa shape index (κ2) is 15.2. The fraction of sp³-hybridized carbons (Fsp3) is 0. The molecule has 0 saturated heterocycles. The molecule has 5 heteroatoms. The normalized spacial score (nSPS) is 11.5. The highest BCUT2D eigenvalue weighted by Gasteiger charge is 2.21. The zero-order chi connectivity index (χ0) is 41.7. The Morgan fingerprint density at radius 1 is 0.286 bits per heavy atom. The summed E-state index contributed by atoms with van der Waals surface area (Å²) in [5.74, 6) is 0. The van der Waals surface area contributed by atoms with Crippen LogP contribution in [0.15, 0.2) is 237 Å². The molecule has 0 aliphatic rings. The first-order valence-electron chi connectivity index (χ1n) is 21.3. The van der Waals surface area contributed by atoms with Crippen LogP contribution in [0.5, 0.6) is 0 Å². The van der Waals surface area contributed by atoms with Gasteiger partial charge in [0.2, 0.25) is 0 Å². The molecule has 63 heavy (non-hydrogen) atoms. The largest absolute Gasteiger partial charge is 0.310 e. The van der Waals surface area contributed by atoms with Crippen LogP contribution in [0.4, 0.5) is 34.1 Å². The van der Waals surface area contributed by atoms with Crippen molar-refractivity contribution in [2.24, 2.45) is 0 Å². The Labute approximate surface area is 365 Å². The molecule has 2 aromatic heterocycles. The van der Waals surface area contributed by atoms with E-state index in [0.717, 1.165) is 94.2 Å². The Kier molecular flexibility index (Phi) is 8.75. The summed E-state index contributed by atoms with van der Waals surface area (Å²) < 4.78 is 2.41. The first-order chi connectivity index (χ1) is 31.3. The van der Waals surface area contributed by atoms with Gasteiger partial charge in [-0.15, -0.1) is 0 Å². The molecule has 0 unspecified atom stereocenters. The summed E-state index contributed by atoms with van der Waals surface area (Å²) in [4.78, 5) is 14.6. The predicted molar refractivity (Wildman–Crippen MR) is 264 cm³/mol. The van der Waals surface area contributed by atoms with Gasteiger partial charge in [-0.05, 0) is 125 Å². The van der Waals surface area contributed by atoms with Gasteiger partial charge in [0.25, 0.3) is 0 Å². The van der Waals surface area contributed by atoms with Crippen molar-refractivity contribution in [1.82, 2.24) is 14.5 Å².